The molecule has 2 aromatic carbocycles. The van der Waals surface area contributed by atoms with E-state index in [4.69, 9.17) is 24.0 Å². The summed E-state index contributed by atoms with van der Waals surface area (Å²) in [6.45, 7) is 0. The third-order valence-electron chi connectivity index (χ3n) is 4.80. The molecule has 0 bridgehead atoms. The van der Waals surface area contributed by atoms with E-state index in [1.165, 1.54) is 7.11 Å². The lowest BCUT2D eigenvalue weighted by Gasteiger charge is -2.14. The van der Waals surface area contributed by atoms with Gasteiger partial charge in [0.15, 0.2) is 28.6 Å². The van der Waals surface area contributed by atoms with E-state index in [1.807, 2.05) is 24.3 Å². The van der Waals surface area contributed by atoms with Crippen LogP contribution >= 0.6 is 0 Å². The highest BCUT2D eigenvalue weighted by atomic mass is 16.5. The Labute approximate surface area is 173 Å². The molecule has 0 amide bonds. The summed E-state index contributed by atoms with van der Waals surface area (Å²) in [5, 5.41) is 14.6. The Morgan fingerprint density at radius 3 is 2.07 bits per heavy atom. The van der Waals surface area contributed by atoms with Gasteiger partial charge in [-0.15, -0.1) is 0 Å². The first-order valence-electron chi connectivity index (χ1n) is 9.12. The molecule has 8 heteroatoms. The molecule has 4 aromatic rings. The van der Waals surface area contributed by atoms with Crippen molar-refractivity contribution in [3.8, 4) is 51.3 Å². The molecule has 1 N–H and O–H groups in total. The van der Waals surface area contributed by atoms with Gasteiger partial charge in [0.05, 0.1) is 46.0 Å². The first-order valence-corrected chi connectivity index (χ1v) is 9.12. The molecule has 0 saturated carbocycles. The average molecular weight is 407 g/mol. The normalized spacial score (nSPS) is 10.8. The van der Waals surface area contributed by atoms with Crippen LogP contribution in [0.25, 0.3) is 28.2 Å². The second kappa shape index (κ2) is 7.82. The predicted molar refractivity (Wildman–Crippen MR) is 112 cm³/mol. The average Bonchev–Trinajstić information content (AvgIpc) is 3.21. The number of nitrogens with zero attached hydrogens (tertiary/aromatic N) is 3. The number of aromatic nitrogens is 3. The number of phenols is 1. The van der Waals surface area contributed by atoms with Gasteiger partial charge in [-0.1, -0.05) is 0 Å². The minimum Gasteiger partial charge on any atom is -0.504 e. The summed E-state index contributed by atoms with van der Waals surface area (Å²) in [6, 6.07) is 12.6. The van der Waals surface area contributed by atoms with Crippen LogP contribution < -0.4 is 18.9 Å². The maximum Gasteiger partial charge on any atom is 0.203 e. The fraction of sp³-hybridized carbons (Fsp3) is 0.182. The Hall–Kier alpha value is -3.94. The Bertz CT molecular complexity index is 1190. The highest BCUT2D eigenvalue weighted by Gasteiger charge is 2.16. The van der Waals surface area contributed by atoms with Gasteiger partial charge in [0.2, 0.25) is 5.75 Å². The number of fused-ring (bicyclic) bond motifs is 1. The van der Waals surface area contributed by atoms with Crippen LogP contribution in [0.4, 0.5) is 0 Å². The zero-order valence-electron chi connectivity index (χ0n) is 17.0. The predicted octanol–water partition coefficient (Wildman–Crippen LogP) is 3.80. The molecule has 0 aliphatic carbocycles. The number of ether oxygens (including phenoxy) is 4. The molecule has 0 atom stereocenters. The molecule has 0 spiro atoms. The van der Waals surface area contributed by atoms with Crippen LogP contribution in [-0.4, -0.2) is 48.1 Å². The lowest BCUT2D eigenvalue weighted by molar-refractivity contribution is 0.324. The summed E-state index contributed by atoms with van der Waals surface area (Å²) in [5.41, 5.74) is 3.76. The Morgan fingerprint density at radius 2 is 1.43 bits per heavy atom. The highest BCUT2D eigenvalue weighted by Crippen LogP contribution is 2.41. The number of hydrogen-bond donors (Lipinski definition) is 1. The van der Waals surface area contributed by atoms with Crippen LogP contribution in [0.3, 0.4) is 0 Å². The van der Waals surface area contributed by atoms with Gasteiger partial charge in [-0.25, -0.2) is 9.50 Å². The summed E-state index contributed by atoms with van der Waals surface area (Å²) in [7, 11) is 6.22. The van der Waals surface area contributed by atoms with E-state index in [0.29, 0.717) is 34.3 Å². The zero-order chi connectivity index (χ0) is 21.3. The number of phenolic OH excluding ortho intramolecular Hbond substituents is 1. The number of benzene rings is 2. The topological polar surface area (TPSA) is 87.3 Å². The molecule has 0 fully saturated rings. The van der Waals surface area contributed by atoms with Crippen molar-refractivity contribution in [1.29, 1.82) is 0 Å². The van der Waals surface area contributed by atoms with Crippen LogP contribution in [0, 0.1) is 0 Å². The number of hydrogen-bond acceptors (Lipinski definition) is 7. The minimum absolute atomic E-state index is 0.0705. The molecule has 0 saturated heterocycles. The van der Waals surface area contributed by atoms with Crippen LogP contribution in [0.1, 0.15) is 0 Å². The van der Waals surface area contributed by atoms with Crippen LogP contribution in [0.15, 0.2) is 48.7 Å². The molecular formula is C22H21N3O5. The molecule has 2 aromatic heterocycles. The monoisotopic (exact) mass is 407 g/mol. The first kappa shape index (κ1) is 19.4. The summed E-state index contributed by atoms with van der Waals surface area (Å²) in [5.74, 6) is 2.06. The van der Waals surface area contributed by atoms with Gasteiger partial charge in [-0.2, -0.15) is 5.10 Å². The van der Waals surface area contributed by atoms with Gasteiger partial charge in [0, 0.05) is 11.1 Å². The van der Waals surface area contributed by atoms with Gasteiger partial charge in [0.1, 0.15) is 0 Å². The quantitative estimate of drug-likeness (QED) is 0.520. The third kappa shape index (κ3) is 3.22. The summed E-state index contributed by atoms with van der Waals surface area (Å²) in [6.07, 6.45) is 1.73. The number of imidazole rings is 1. The smallest absolute Gasteiger partial charge is 0.203 e. The van der Waals surface area contributed by atoms with Crippen molar-refractivity contribution in [2.24, 2.45) is 0 Å². The summed E-state index contributed by atoms with van der Waals surface area (Å²) < 4.78 is 23.3. The van der Waals surface area contributed by atoms with Crippen molar-refractivity contribution < 1.29 is 24.1 Å². The SMILES string of the molecule is COc1cc(-c2cnc3ccc(-c4cc(OC)c(OC)c(OC)c4)nn23)ccc1O. The molecule has 2 heterocycles. The minimum atomic E-state index is 0.0705. The van der Waals surface area contributed by atoms with Crippen molar-refractivity contribution >= 4 is 5.65 Å². The molecule has 0 unspecified atom stereocenters. The highest BCUT2D eigenvalue weighted by molar-refractivity contribution is 5.71. The van der Waals surface area contributed by atoms with Gasteiger partial charge >= 0.3 is 0 Å². The Morgan fingerprint density at radius 1 is 0.767 bits per heavy atom. The summed E-state index contributed by atoms with van der Waals surface area (Å²) in [4.78, 5) is 4.43. The third-order valence-corrected chi connectivity index (χ3v) is 4.80. The van der Waals surface area contributed by atoms with E-state index >= 15 is 0 Å². The molecular weight excluding hydrogens is 386 g/mol. The van der Waals surface area contributed by atoms with E-state index < -0.39 is 0 Å². The second-order valence-electron chi connectivity index (χ2n) is 6.43. The Kier molecular flexibility index (Phi) is 5.05. The maximum absolute atomic E-state index is 9.88. The number of aromatic hydroxyl groups is 1. The van der Waals surface area contributed by atoms with E-state index in [0.717, 1.165) is 16.8 Å². The summed E-state index contributed by atoms with van der Waals surface area (Å²) >= 11 is 0. The van der Waals surface area contributed by atoms with Crippen molar-refractivity contribution in [2.45, 2.75) is 0 Å². The van der Waals surface area contributed by atoms with E-state index in [1.54, 1.807) is 50.2 Å². The lowest BCUT2D eigenvalue weighted by atomic mass is 10.1. The Balaban J connectivity index is 1.86. The molecule has 0 radical (unpaired) electrons. The van der Waals surface area contributed by atoms with Crippen molar-refractivity contribution in [2.75, 3.05) is 28.4 Å². The molecule has 8 nitrogen and oxygen atoms in total. The fourth-order valence-electron chi connectivity index (χ4n) is 3.29. The fourth-order valence-corrected chi connectivity index (χ4v) is 3.29. The van der Waals surface area contributed by atoms with Gasteiger partial charge in [0.25, 0.3) is 0 Å². The van der Waals surface area contributed by atoms with Crippen molar-refractivity contribution in [1.82, 2.24) is 14.6 Å². The van der Waals surface area contributed by atoms with Crippen LogP contribution in [-0.2, 0) is 0 Å². The van der Waals surface area contributed by atoms with Crippen molar-refractivity contribution in [3.05, 3.63) is 48.7 Å². The second-order valence-corrected chi connectivity index (χ2v) is 6.43. The van der Waals surface area contributed by atoms with Crippen molar-refractivity contribution in [3.63, 3.8) is 0 Å². The lowest BCUT2D eigenvalue weighted by Crippen LogP contribution is -1.99. The maximum atomic E-state index is 9.88. The van der Waals surface area contributed by atoms with Gasteiger partial charge < -0.3 is 24.1 Å². The number of methoxy groups -OCH3 is 4. The zero-order valence-corrected chi connectivity index (χ0v) is 17.0. The van der Waals surface area contributed by atoms with Crippen LogP contribution in [0.5, 0.6) is 28.7 Å². The van der Waals surface area contributed by atoms with Gasteiger partial charge in [-0.05, 0) is 42.5 Å². The number of rotatable bonds is 6. The largest absolute Gasteiger partial charge is 0.504 e. The van der Waals surface area contributed by atoms with E-state index in [2.05, 4.69) is 4.98 Å². The molecule has 4 rings (SSSR count). The van der Waals surface area contributed by atoms with Crippen LogP contribution in [0.2, 0.25) is 0 Å². The molecule has 30 heavy (non-hydrogen) atoms. The van der Waals surface area contributed by atoms with E-state index in [-0.39, 0.29) is 5.75 Å². The van der Waals surface area contributed by atoms with Gasteiger partial charge in [-0.3, -0.25) is 0 Å². The van der Waals surface area contributed by atoms with E-state index in [9.17, 15) is 5.11 Å². The molecule has 0 aliphatic heterocycles. The molecule has 154 valence electrons. The first-order chi connectivity index (χ1) is 14.6. The molecule has 0 aliphatic rings. The standard InChI is InChI=1S/C22H21N3O5/c1-27-18-9-13(5-7-17(18)26)16-12-23-21-8-6-15(24-25(16)21)14-10-19(28-2)22(30-4)20(11-14)29-3/h5-12,26H,1-4H3.